The van der Waals surface area contributed by atoms with Crippen LogP contribution in [0.15, 0.2) is 24.3 Å². The van der Waals surface area contributed by atoms with Crippen molar-refractivity contribution in [3.8, 4) is 5.75 Å². The summed E-state index contributed by atoms with van der Waals surface area (Å²) in [5.74, 6) is -0.283. The highest BCUT2D eigenvalue weighted by Crippen LogP contribution is 2.12. The maximum Gasteiger partial charge on any atom is 0.329 e. The summed E-state index contributed by atoms with van der Waals surface area (Å²) in [7, 11) is 1.60. The van der Waals surface area contributed by atoms with Gasteiger partial charge in [-0.3, -0.25) is 0 Å². The Bertz CT molecular complexity index is 504. The number of nitrogens with one attached hydrogen (secondary N) is 2. The number of urea groups is 1. The van der Waals surface area contributed by atoms with Gasteiger partial charge in [-0.25, -0.2) is 9.59 Å². The predicted molar refractivity (Wildman–Crippen MR) is 79.6 cm³/mol. The fraction of sp³-hybridized carbons (Fsp3) is 0.467. The second kappa shape index (κ2) is 7.52. The molecule has 0 spiro atoms. The fourth-order valence-electron chi connectivity index (χ4n) is 1.74. The van der Waals surface area contributed by atoms with Crippen LogP contribution in [-0.4, -0.2) is 36.3 Å². The minimum atomic E-state index is -1.25. The number of rotatable bonds is 7. The van der Waals surface area contributed by atoms with E-state index in [1.807, 2.05) is 24.3 Å². The maximum absolute atomic E-state index is 11.7. The van der Waals surface area contributed by atoms with E-state index in [-0.39, 0.29) is 0 Å². The van der Waals surface area contributed by atoms with Gasteiger partial charge in [-0.15, -0.1) is 0 Å². The predicted octanol–water partition coefficient (Wildman–Crippen LogP) is 1.79. The van der Waals surface area contributed by atoms with Crippen LogP contribution in [0.4, 0.5) is 4.79 Å². The molecule has 0 fully saturated rings. The molecule has 0 aliphatic rings. The fourth-order valence-corrected chi connectivity index (χ4v) is 1.74. The number of hydrogen-bond donors (Lipinski definition) is 3. The van der Waals surface area contributed by atoms with Gasteiger partial charge in [0.25, 0.3) is 0 Å². The lowest BCUT2D eigenvalue weighted by atomic mass is 10.00. The first kappa shape index (κ1) is 16.8. The molecule has 0 aliphatic carbocycles. The van der Waals surface area contributed by atoms with Gasteiger partial charge < -0.3 is 20.5 Å². The normalized spacial score (nSPS) is 13.1. The Balaban J connectivity index is 2.45. The molecular weight excluding hydrogens is 272 g/mol. The first-order valence-corrected chi connectivity index (χ1v) is 6.83. The first-order chi connectivity index (χ1) is 9.91. The van der Waals surface area contributed by atoms with Gasteiger partial charge in [0.15, 0.2) is 0 Å². The second-order valence-corrected chi connectivity index (χ2v) is 4.97. The Morgan fingerprint density at radius 1 is 1.38 bits per heavy atom. The van der Waals surface area contributed by atoms with Crippen molar-refractivity contribution in [1.29, 1.82) is 0 Å². The van der Waals surface area contributed by atoms with Crippen molar-refractivity contribution < 1.29 is 19.4 Å². The van der Waals surface area contributed by atoms with Gasteiger partial charge in [0.2, 0.25) is 0 Å². The number of amides is 2. The number of benzene rings is 1. The number of aliphatic carboxylic acids is 1. The maximum atomic E-state index is 11.7. The number of carboxylic acids is 1. The third-order valence-corrected chi connectivity index (χ3v) is 3.40. The lowest BCUT2D eigenvalue weighted by Crippen LogP contribution is -2.55. The van der Waals surface area contributed by atoms with Crippen molar-refractivity contribution in [1.82, 2.24) is 10.6 Å². The molecule has 0 saturated heterocycles. The minimum absolute atomic E-state index is 0.311. The Labute approximate surface area is 124 Å². The van der Waals surface area contributed by atoms with Crippen LogP contribution in [0, 0.1) is 0 Å². The molecule has 0 radical (unpaired) electrons. The van der Waals surface area contributed by atoms with Crippen LogP contribution in [0.2, 0.25) is 0 Å². The zero-order valence-electron chi connectivity index (χ0n) is 12.6. The average Bonchev–Trinajstić information content (AvgIpc) is 2.47. The van der Waals surface area contributed by atoms with E-state index in [0.717, 1.165) is 11.3 Å². The van der Waals surface area contributed by atoms with Crippen molar-refractivity contribution in [2.45, 2.75) is 32.2 Å². The van der Waals surface area contributed by atoms with E-state index >= 15 is 0 Å². The first-order valence-electron chi connectivity index (χ1n) is 6.83. The summed E-state index contributed by atoms with van der Waals surface area (Å²) >= 11 is 0. The molecule has 3 N–H and O–H groups in total. The van der Waals surface area contributed by atoms with Gasteiger partial charge >= 0.3 is 12.0 Å². The van der Waals surface area contributed by atoms with Gasteiger partial charge in [-0.05, 0) is 37.5 Å². The molecule has 1 aromatic rings. The summed E-state index contributed by atoms with van der Waals surface area (Å²) in [5, 5.41) is 14.2. The number of carboxylic acid groups (broad SMARTS) is 1. The third-order valence-electron chi connectivity index (χ3n) is 3.40. The summed E-state index contributed by atoms with van der Waals surface area (Å²) in [4.78, 5) is 22.8. The topological polar surface area (TPSA) is 87.7 Å². The van der Waals surface area contributed by atoms with Gasteiger partial charge in [-0.1, -0.05) is 19.1 Å². The molecule has 0 bridgehead atoms. The van der Waals surface area contributed by atoms with Crippen LogP contribution in [0.3, 0.4) is 0 Å². The van der Waals surface area contributed by atoms with Crippen molar-refractivity contribution in [2.75, 3.05) is 13.7 Å². The van der Waals surface area contributed by atoms with Crippen LogP contribution >= 0.6 is 0 Å². The van der Waals surface area contributed by atoms with Crippen LogP contribution in [0.1, 0.15) is 25.8 Å². The zero-order chi connectivity index (χ0) is 15.9. The van der Waals surface area contributed by atoms with E-state index in [1.165, 1.54) is 6.92 Å². The molecule has 1 unspecified atom stereocenters. The Morgan fingerprint density at radius 2 is 2.10 bits per heavy atom. The Hall–Kier alpha value is -2.24. The number of methoxy groups -OCH3 is 1. The van der Waals surface area contributed by atoms with E-state index in [2.05, 4.69) is 10.6 Å². The van der Waals surface area contributed by atoms with Crippen LogP contribution < -0.4 is 15.4 Å². The molecule has 0 saturated carbocycles. The molecule has 6 nitrogen and oxygen atoms in total. The van der Waals surface area contributed by atoms with Gasteiger partial charge in [-0.2, -0.15) is 0 Å². The van der Waals surface area contributed by atoms with Gasteiger partial charge in [0.1, 0.15) is 11.3 Å². The number of hydrogen-bond acceptors (Lipinski definition) is 3. The van der Waals surface area contributed by atoms with Crippen molar-refractivity contribution in [3.63, 3.8) is 0 Å². The van der Waals surface area contributed by atoms with E-state index in [9.17, 15) is 9.59 Å². The molecule has 0 heterocycles. The standard InChI is InChI=1S/C15H22N2O4/c1-4-15(2,13(18)19)17-14(20)16-9-8-11-6-5-7-12(10-11)21-3/h5-7,10H,4,8-9H2,1-3H3,(H,18,19)(H2,16,17,20). The highest BCUT2D eigenvalue weighted by molar-refractivity contribution is 5.85. The van der Waals surface area contributed by atoms with E-state index in [4.69, 9.17) is 9.84 Å². The quantitative estimate of drug-likeness (QED) is 0.715. The molecule has 1 aromatic carbocycles. The summed E-state index contributed by atoms with van der Waals surface area (Å²) in [6, 6.07) is 7.09. The molecule has 6 heteroatoms. The molecule has 1 atom stereocenters. The van der Waals surface area contributed by atoms with Gasteiger partial charge in [0, 0.05) is 6.54 Å². The molecule has 21 heavy (non-hydrogen) atoms. The summed E-state index contributed by atoms with van der Waals surface area (Å²) in [6.07, 6.45) is 0.951. The summed E-state index contributed by atoms with van der Waals surface area (Å²) in [6.45, 7) is 3.61. The van der Waals surface area contributed by atoms with E-state index in [1.54, 1.807) is 14.0 Å². The number of carbonyl (C=O) groups excluding carboxylic acids is 1. The Morgan fingerprint density at radius 3 is 2.67 bits per heavy atom. The highest BCUT2D eigenvalue weighted by Gasteiger charge is 2.32. The molecule has 116 valence electrons. The SMILES string of the molecule is CCC(C)(NC(=O)NCCc1cccc(OC)c1)C(=O)O. The van der Waals surface area contributed by atoms with Crippen LogP contribution in [0.25, 0.3) is 0 Å². The van der Waals surface area contributed by atoms with Crippen molar-refractivity contribution in [2.24, 2.45) is 0 Å². The number of ether oxygens (including phenoxy) is 1. The smallest absolute Gasteiger partial charge is 0.329 e. The third kappa shape index (κ3) is 4.98. The largest absolute Gasteiger partial charge is 0.497 e. The van der Waals surface area contributed by atoms with Gasteiger partial charge in [0.05, 0.1) is 7.11 Å². The Kier molecular flexibility index (Phi) is 6.02. The lowest BCUT2D eigenvalue weighted by Gasteiger charge is -2.24. The van der Waals surface area contributed by atoms with Crippen LogP contribution in [-0.2, 0) is 11.2 Å². The number of carbonyl (C=O) groups is 2. The minimum Gasteiger partial charge on any atom is -0.497 e. The second-order valence-electron chi connectivity index (χ2n) is 4.97. The zero-order valence-corrected chi connectivity index (χ0v) is 12.6. The lowest BCUT2D eigenvalue weighted by molar-refractivity contribution is -0.143. The van der Waals surface area contributed by atoms with E-state index in [0.29, 0.717) is 19.4 Å². The average molecular weight is 294 g/mol. The van der Waals surface area contributed by atoms with E-state index < -0.39 is 17.5 Å². The van der Waals surface area contributed by atoms with Crippen molar-refractivity contribution >= 4 is 12.0 Å². The summed E-state index contributed by atoms with van der Waals surface area (Å²) < 4.78 is 5.12. The van der Waals surface area contributed by atoms with Crippen molar-refractivity contribution in [3.05, 3.63) is 29.8 Å². The molecule has 2 amide bonds. The molecular formula is C15H22N2O4. The molecule has 0 aromatic heterocycles. The summed E-state index contributed by atoms with van der Waals surface area (Å²) in [5.41, 5.74) is -0.216. The van der Waals surface area contributed by atoms with Crippen LogP contribution in [0.5, 0.6) is 5.75 Å². The monoisotopic (exact) mass is 294 g/mol. The highest BCUT2D eigenvalue weighted by atomic mass is 16.5. The molecule has 0 aliphatic heterocycles. The molecule has 1 rings (SSSR count).